The van der Waals surface area contributed by atoms with Gasteiger partial charge in [0, 0.05) is 29.1 Å². The number of halogens is 2. The van der Waals surface area contributed by atoms with Gasteiger partial charge in [-0.05, 0) is 67.3 Å². The summed E-state index contributed by atoms with van der Waals surface area (Å²) in [6, 6.07) is 20.0. The van der Waals surface area contributed by atoms with E-state index in [0.717, 1.165) is 48.2 Å². The van der Waals surface area contributed by atoms with Crippen LogP contribution in [0, 0.1) is 0 Å². The highest BCUT2D eigenvalue weighted by atomic mass is 35.5. The molecule has 1 atom stereocenters. The molecule has 0 aliphatic heterocycles. The number of nitrogens with one attached hydrogen (secondary N) is 1. The molecule has 11 heteroatoms. The van der Waals surface area contributed by atoms with Crippen molar-refractivity contribution in [3.05, 3.63) is 94.0 Å². The molecule has 0 spiro atoms. The van der Waals surface area contributed by atoms with E-state index in [1.807, 2.05) is 37.3 Å². The normalized spacial score (nSPS) is 14.5. The first-order valence-corrected chi connectivity index (χ1v) is 17.4. The van der Waals surface area contributed by atoms with Crippen LogP contribution >= 0.6 is 23.2 Å². The molecule has 2 amide bonds. The molecule has 0 aromatic heterocycles. The van der Waals surface area contributed by atoms with Crippen molar-refractivity contribution in [2.75, 3.05) is 23.7 Å². The molecular formula is C33H39Cl2N3O5S. The number of anilines is 1. The SMILES string of the molecule is CCOc1ccc(N(CC(=O)N(Cc2ccc(Cl)cc2Cl)[C@@H](Cc2ccccc2)C(=O)NC2CCCCC2)S(C)(=O)=O)cc1. The lowest BCUT2D eigenvalue weighted by atomic mass is 9.94. The van der Waals surface area contributed by atoms with Gasteiger partial charge in [-0.1, -0.05) is 78.9 Å². The molecule has 4 rings (SSSR count). The summed E-state index contributed by atoms with van der Waals surface area (Å²) in [5.74, 6) is -0.251. The summed E-state index contributed by atoms with van der Waals surface area (Å²) in [7, 11) is -3.88. The van der Waals surface area contributed by atoms with Crippen molar-refractivity contribution in [3.8, 4) is 5.75 Å². The number of amides is 2. The maximum Gasteiger partial charge on any atom is 0.244 e. The zero-order valence-corrected chi connectivity index (χ0v) is 27.4. The van der Waals surface area contributed by atoms with Crippen molar-refractivity contribution in [1.29, 1.82) is 0 Å². The summed E-state index contributed by atoms with van der Waals surface area (Å²) in [5, 5.41) is 3.96. The third-order valence-corrected chi connectivity index (χ3v) is 9.42. The minimum Gasteiger partial charge on any atom is -0.494 e. The Labute approximate surface area is 270 Å². The fourth-order valence-corrected chi connectivity index (χ4v) is 6.74. The summed E-state index contributed by atoms with van der Waals surface area (Å²) >= 11 is 12.7. The number of ether oxygens (including phenoxy) is 1. The molecule has 0 saturated heterocycles. The van der Waals surface area contributed by atoms with Gasteiger partial charge in [0.1, 0.15) is 18.3 Å². The lowest BCUT2D eigenvalue weighted by Crippen LogP contribution is -2.55. The first kappa shape index (κ1) is 33.6. The minimum absolute atomic E-state index is 0.0157. The zero-order chi connectivity index (χ0) is 31.7. The second-order valence-electron chi connectivity index (χ2n) is 11.0. The van der Waals surface area contributed by atoms with Crippen molar-refractivity contribution in [2.45, 2.75) is 64.1 Å². The van der Waals surface area contributed by atoms with Crippen LogP contribution in [0.25, 0.3) is 0 Å². The van der Waals surface area contributed by atoms with Crippen LogP contribution in [0.2, 0.25) is 10.0 Å². The summed E-state index contributed by atoms with van der Waals surface area (Å²) in [4.78, 5) is 29.8. The van der Waals surface area contributed by atoms with E-state index in [4.69, 9.17) is 27.9 Å². The van der Waals surface area contributed by atoms with Gasteiger partial charge < -0.3 is 15.0 Å². The quantitative estimate of drug-likeness (QED) is 0.234. The Morgan fingerprint density at radius 3 is 2.27 bits per heavy atom. The predicted molar refractivity (Wildman–Crippen MR) is 176 cm³/mol. The van der Waals surface area contributed by atoms with E-state index >= 15 is 0 Å². The number of nitrogens with zero attached hydrogens (tertiary/aromatic N) is 2. The Bertz CT molecular complexity index is 1510. The lowest BCUT2D eigenvalue weighted by molar-refractivity contribution is -0.140. The average Bonchev–Trinajstić information content (AvgIpc) is 2.99. The van der Waals surface area contributed by atoms with Gasteiger partial charge in [0.25, 0.3) is 0 Å². The van der Waals surface area contributed by atoms with Crippen molar-refractivity contribution in [3.63, 3.8) is 0 Å². The Morgan fingerprint density at radius 1 is 0.977 bits per heavy atom. The van der Waals surface area contributed by atoms with Crippen LogP contribution in [0.15, 0.2) is 72.8 Å². The van der Waals surface area contributed by atoms with Crippen LogP contribution in [0.1, 0.15) is 50.2 Å². The molecule has 44 heavy (non-hydrogen) atoms. The van der Waals surface area contributed by atoms with Crippen LogP contribution < -0.4 is 14.4 Å². The largest absolute Gasteiger partial charge is 0.494 e. The smallest absolute Gasteiger partial charge is 0.244 e. The summed E-state index contributed by atoms with van der Waals surface area (Å²) < 4.78 is 32.6. The van der Waals surface area contributed by atoms with Crippen molar-refractivity contribution in [1.82, 2.24) is 10.2 Å². The Balaban J connectivity index is 1.72. The highest BCUT2D eigenvalue weighted by Gasteiger charge is 2.34. The standard InChI is InChI=1S/C33H39Cl2N3O5S/c1-3-43-29-18-16-28(17-19-29)38(44(2,41)42)23-32(39)37(22-25-14-15-26(34)21-30(25)35)31(20-24-10-6-4-7-11-24)33(40)36-27-12-8-5-9-13-27/h4,6-7,10-11,14-19,21,27,31H,3,5,8-9,12-13,20,22-23H2,1-2H3,(H,36,40)/t31-/m0/s1. The molecule has 0 heterocycles. The van der Waals surface area contributed by atoms with Gasteiger partial charge in [-0.2, -0.15) is 0 Å². The molecule has 3 aromatic carbocycles. The predicted octanol–water partition coefficient (Wildman–Crippen LogP) is 6.25. The van der Waals surface area contributed by atoms with Crippen LogP contribution in [0.5, 0.6) is 5.75 Å². The van der Waals surface area contributed by atoms with Gasteiger partial charge in [0.2, 0.25) is 21.8 Å². The molecule has 1 saturated carbocycles. The Kier molecular flexibility index (Phi) is 11.9. The molecule has 1 fully saturated rings. The van der Waals surface area contributed by atoms with Crippen molar-refractivity contribution < 1.29 is 22.7 Å². The van der Waals surface area contributed by atoms with E-state index in [2.05, 4.69) is 5.32 Å². The van der Waals surface area contributed by atoms with Gasteiger partial charge in [-0.3, -0.25) is 13.9 Å². The van der Waals surface area contributed by atoms with Gasteiger partial charge in [-0.15, -0.1) is 0 Å². The summed E-state index contributed by atoms with van der Waals surface area (Å²) in [5.41, 5.74) is 1.75. The number of sulfonamides is 1. The number of carbonyl (C=O) groups excluding carboxylic acids is 2. The van der Waals surface area contributed by atoms with E-state index in [-0.39, 0.29) is 24.9 Å². The van der Waals surface area contributed by atoms with Crippen LogP contribution in [-0.4, -0.2) is 56.6 Å². The molecule has 236 valence electrons. The Hall–Kier alpha value is -3.27. The molecule has 0 radical (unpaired) electrons. The average molecular weight is 661 g/mol. The third-order valence-electron chi connectivity index (χ3n) is 7.69. The highest BCUT2D eigenvalue weighted by molar-refractivity contribution is 7.92. The van der Waals surface area contributed by atoms with E-state index < -0.39 is 28.5 Å². The first-order chi connectivity index (χ1) is 21.0. The molecule has 0 unspecified atom stereocenters. The summed E-state index contributed by atoms with van der Waals surface area (Å²) in [6.45, 7) is 1.78. The van der Waals surface area contributed by atoms with E-state index in [1.54, 1.807) is 42.5 Å². The fourth-order valence-electron chi connectivity index (χ4n) is 5.42. The fraction of sp³-hybridized carbons (Fsp3) is 0.394. The maximum absolute atomic E-state index is 14.3. The monoisotopic (exact) mass is 659 g/mol. The molecule has 0 bridgehead atoms. The number of rotatable bonds is 13. The third kappa shape index (κ3) is 9.36. The topological polar surface area (TPSA) is 96.0 Å². The van der Waals surface area contributed by atoms with Gasteiger partial charge in [-0.25, -0.2) is 8.42 Å². The summed E-state index contributed by atoms with van der Waals surface area (Å²) in [6.07, 6.45) is 6.23. The Morgan fingerprint density at radius 2 is 1.66 bits per heavy atom. The zero-order valence-electron chi connectivity index (χ0n) is 25.0. The maximum atomic E-state index is 14.3. The molecule has 1 N–H and O–H groups in total. The first-order valence-electron chi connectivity index (χ1n) is 14.8. The van der Waals surface area contributed by atoms with Crippen LogP contribution in [0.3, 0.4) is 0 Å². The number of hydrogen-bond acceptors (Lipinski definition) is 5. The van der Waals surface area contributed by atoms with Gasteiger partial charge in [0.05, 0.1) is 18.6 Å². The van der Waals surface area contributed by atoms with E-state index in [1.165, 1.54) is 4.90 Å². The highest BCUT2D eigenvalue weighted by Crippen LogP contribution is 2.27. The molecular weight excluding hydrogens is 621 g/mol. The number of benzene rings is 3. The minimum atomic E-state index is -3.88. The van der Waals surface area contributed by atoms with Crippen molar-refractivity contribution >= 4 is 50.7 Å². The number of hydrogen-bond donors (Lipinski definition) is 1. The van der Waals surface area contributed by atoms with Crippen LogP contribution in [0.4, 0.5) is 5.69 Å². The lowest BCUT2D eigenvalue weighted by Gasteiger charge is -2.35. The van der Waals surface area contributed by atoms with Crippen molar-refractivity contribution in [2.24, 2.45) is 0 Å². The van der Waals surface area contributed by atoms with Crippen LogP contribution in [-0.2, 0) is 32.6 Å². The molecule has 1 aliphatic carbocycles. The molecule has 8 nitrogen and oxygen atoms in total. The molecule has 1 aliphatic rings. The van der Waals surface area contributed by atoms with E-state index in [0.29, 0.717) is 33.7 Å². The number of carbonyl (C=O) groups is 2. The van der Waals surface area contributed by atoms with Gasteiger partial charge in [0.15, 0.2) is 0 Å². The van der Waals surface area contributed by atoms with Gasteiger partial charge >= 0.3 is 0 Å². The second kappa shape index (κ2) is 15.6. The van der Waals surface area contributed by atoms with E-state index in [9.17, 15) is 18.0 Å². The second-order valence-corrected chi connectivity index (χ2v) is 13.8. The molecule has 3 aromatic rings.